The van der Waals surface area contributed by atoms with Crippen LogP contribution in [0.3, 0.4) is 0 Å². The van der Waals surface area contributed by atoms with Crippen molar-refractivity contribution in [2.24, 2.45) is 0 Å². The van der Waals surface area contributed by atoms with Crippen molar-refractivity contribution in [3.05, 3.63) is 35.9 Å². The van der Waals surface area contributed by atoms with Gasteiger partial charge in [-0.05, 0) is 26.0 Å². The monoisotopic (exact) mass is 188 g/mol. The number of ether oxygens (including phenoxy) is 1. The summed E-state index contributed by atoms with van der Waals surface area (Å²) >= 11 is 0. The maximum atomic E-state index is 10.9. The number of rotatable bonds is 1. The number of carbonyl (C=O) groups excluding carboxylic acids is 1. The zero-order chi connectivity index (χ0) is 10.2. The molecule has 14 heavy (non-hydrogen) atoms. The molecule has 0 amide bonds. The summed E-state index contributed by atoms with van der Waals surface area (Å²) in [5, 5.41) is 0. The Morgan fingerprint density at radius 2 is 2.00 bits per heavy atom. The van der Waals surface area contributed by atoms with E-state index in [1.807, 2.05) is 44.2 Å². The quantitative estimate of drug-likeness (QED) is 0.633. The summed E-state index contributed by atoms with van der Waals surface area (Å²) in [6.07, 6.45) is 2.73. The number of fused-ring (bicyclic) bond motifs is 1. The lowest BCUT2D eigenvalue weighted by Crippen LogP contribution is -2.29. The molecule has 0 radical (unpaired) electrons. The van der Waals surface area contributed by atoms with Crippen molar-refractivity contribution in [2.75, 3.05) is 0 Å². The molecule has 2 heteroatoms. The average Bonchev–Trinajstić information content (AvgIpc) is 2.15. The topological polar surface area (TPSA) is 26.3 Å². The van der Waals surface area contributed by atoms with Gasteiger partial charge >= 0.3 is 0 Å². The Hall–Kier alpha value is -1.57. The third-order valence-electron chi connectivity index (χ3n) is 2.20. The van der Waals surface area contributed by atoms with Crippen LogP contribution >= 0.6 is 0 Å². The first-order chi connectivity index (χ1) is 6.62. The van der Waals surface area contributed by atoms with E-state index in [-0.39, 0.29) is 0 Å². The molecule has 2 rings (SSSR count). The Morgan fingerprint density at radius 1 is 1.29 bits per heavy atom. The lowest BCUT2D eigenvalue weighted by Gasteiger charge is -2.29. The summed E-state index contributed by atoms with van der Waals surface area (Å²) in [4.78, 5) is 10.9. The highest BCUT2D eigenvalue weighted by atomic mass is 16.5. The molecule has 0 aliphatic carbocycles. The fraction of sp³-hybridized carbons (Fsp3) is 0.250. The van der Waals surface area contributed by atoms with Crippen LogP contribution < -0.4 is 4.74 Å². The highest BCUT2D eigenvalue weighted by molar-refractivity contribution is 6.08. The molecular weight excluding hydrogens is 176 g/mol. The van der Waals surface area contributed by atoms with Gasteiger partial charge in [0, 0.05) is 11.1 Å². The molecule has 1 aliphatic heterocycles. The molecule has 0 fully saturated rings. The van der Waals surface area contributed by atoms with Gasteiger partial charge in [-0.25, -0.2) is 0 Å². The van der Waals surface area contributed by atoms with Crippen molar-refractivity contribution in [1.29, 1.82) is 0 Å². The van der Waals surface area contributed by atoms with Crippen LogP contribution in [0.5, 0.6) is 5.75 Å². The average molecular weight is 188 g/mol. The van der Waals surface area contributed by atoms with Crippen LogP contribution in [0, 0.1) is 0 Å². The number of benzene rings is 1. The lowest BCUT2D eigenvalue weighted by molar-refractivity contribution is -0.103. The SMILES string of the molecule is CC1(C)C=C(C=O)c2ccccc2O1. The molecule has 0 unspecified atom stereocenters. The molecule has 0 bridgehead atoms. The number of carbonyl (C=O) groups is 1. The third kappa shape index (κ3) is 1.43. The predicted molar refractivity (Wildman–Crippen MR) is 55.2 cm³/mol. The standard InChI is InChI=1S/C12H12O2/c1-12(2)7-9(8-13)10-5-3-4-6-11(10)14-12/h3-8H,1-2H3. The van der Waals surface area contributed by atoms with E-state index in [1.54, 1.807) is 0 Å². The van der Waals surface area contributed by atoms with Crippen LogP contribution in [-0.4, -0.2) is 11.9 Å². The Kier molecular flexibility index (Phi) is 1.92. The van der Waals surface area contributed by atoms with Gasteiger partial charge in [0.2, 0.25) is 0 Å². The highest BCUT2D eigenvalue weighted by Crippen LogP contribution is 2.34. The Labute approximate surface area is 83.2 Å². The number of para-hydroxylation sites is 1. The molecule has 0 atom stereocenters. The van der Waals surface area contributed by atoms with Gasteiger partial charge in [0.1, 0.15) is 11.4 Å². The van der Waals surface area contributed by atoms with Crippen LogP contribution in [0.25, 0.3) is 5.57 Å². The Morgan fingerprint density at radius 3 is 2.71 bits per heavy atom. The van der Waals surface area contributed by atoms with E-state index in [4.69, 9.17) is 4.74 Å². The van der Waals surface area contributed by atoms with Gasteiger partial charge in [-0.2, -0.15) is 0 Å². The summed E-state index contributed by atoms with van der Waals surface area (Å²) in [5.41, 5.74) is 1.18. The second-order valence-electron chi connectivity index (χ2n) is 3.92. The number of hydrogen-bond donors (Lipinski definition) is 0. The summed E-state index contributed by atoms with van der Waals surface area (Å²) < 4.78 is 5.72. The smallest absolute Gasteiger partial charge is 0.150 e. The van der Waals surface area contributed by atoms with Crippen molar-refractivity contribution >= 4 is 11.9 Å². The van der Waals surface area contributed by atoms with Gasteiger partial charge < -0.3 is 4.74 Å². The molecule has 0 saturated carbocycles. The second-order valence-corrected chi connectivity index (χ2v) is 3.92. The third-order valence-corrected chi connectivity index (χ3v) is 2.20. The first-order valence-corrected chi connectivity index (χ1v) is 4.59. The molecule has 2 nitrogen and oxygen atoms in total. The van der Waals surface area contributed by atoms with Crippen molar-refractivity contribution in [2.45, 2.75) is 19.4 Å². The molecule has 0 spiro atoms. The van der Waals surface area contributed by atoms with Crippen LogP contribution in [0.1, 0.15) is 19.4 Å². The van der Waals surface area contributed by atoms with Crippen molar-refractivity contribution in [3.8, 4) is 5.75 Å². The van der Waals surface area contributed by atoms with Crippen LogP contribution in [0.15, 0.2) is 30.3 Å². The van der Waals surface area contributed by atoms with E-state index >= 15 is 0 Å². The lowest BCUT2D eigenvalue weighted by atomic mass is 9.96. The molecule has 1 aromatic rings. The fourth-order valence-corrected chi connectivity index (χ4v) is 1.66. The van der Waals surface area contributed by atoms with E-state index < -0.39 is 5.60 Å². The molecule has 72 valence electrons. The Bertz CT molecular complexity index is 403. The summed E-state index contributed by atoms with van der Waals surface area (Å²) in [6.45, 7) is 3.87. The van der Waals surface area contributed by atoms with E-state index in [9.17, 15) is 4.79 Å². The van der Waals surface area contributed by atoms with Crippen LogP contribution in [0.4, 0.5) is 0 Å². The summed E-state index contributed by atoms with van der Waals surface area (Å²) in [5.74, 6) is 0.780. The normalized spacial score (nSPS) is 17.7. The van der Waals surface area contributed by atoms with Gasteiger partial charge in [-0.1, -0.05) is 18.2 Å². The summed E-state index contributed by atoms with van der Waals surface area (Å²) in [6, 6.07) is 7.58. The van der Waals surface area contributed by atoms with E-state index in [0.717, 1.165) is 17.6 Å². The minimum absolute atomic E-state index is 0.398. The van der Waals surface area contributed by atoms with Gasteiger partial charge in [-0.15, -0.1) is 0 Å². The molecule has 1 heterocycles. The maximum Gasteiger partial charge on any atom is 0.150 e. The van der Waals surface area contributed by atoms with E-state index in [1.165, 1.54) is 0 Å². The molecule has 0 aromatic heterocycles. The van der Waals surface area contributed by atoms with Gasteiger partial charge in [0.25, 0.3) is 0 Å². The zero-order valence-corrected chi connectivity index (χ0v) is 8.28. The first kappa shape index (κ1) is 9.00. The number of allylic oxidation sites excluding steroid dienone is 1. The molecule has 0 N–H and O–H groups in total. The van der Waals surface area contributed by atoms with Crippen LogP contribution in [-0.2, 0) is 4.79 Å². The second kappa shape index (κ2) is 2.98. The first-order valence-electron chi connectivity index (χ1n) is 4.59. The summed E-state index contributed by atoms with van der Waals surface area (Å²) in [7, 11) is 0. The van der Waals surface area contributed by atoms with Gasteiger partial charge in [0.05, 0.1) is 0 Å². The van der Waals surface area contributed by atoms with Crippen molar-refractivity contribution in [1.82, 2.24) is 0 Å². The molecule has 1 aliphatic rings. The molecule has 0 saturated heterocycles. The highest BCUT2D eigenvalue weighted by Gasteiger charge is 2.25. The zero-order valence-electron chi connectivity index (χ0n) is 8.28. The molecule has 1 aromatic carbocycles. The Balaban J connectivity index is 2.59. The molecular formula is C12H12O2. The van der Waals surface area contributed by atoms with Crippen LogP contribution in [0.2, 0.25) is 0 Å². The van der Waals surface area contributed by atoms with Gasteiger partial charge in [0.15, 0.2) is 6.29 Å². The predicted octanol–water partition coefficient (Wildman–Crippen LogP) is 2.44. The largest absolute Gasteiger partial charge is 0.483 e. The number of hydrogen-bond acceptors (Lipinski definition) is 2. The van der Waals surface area contributed by atoms with Crippen molar-refractivity contribution in [3.63, 3.8) is 0 Å². The van der Waals surface area contributed by atoms with E-state index in [2.05, 4.69) is 0 Å². The number of aldehydes is 1. The maximum absolute atomic E-state index is 10.9. The van der Waals surface area contributed by atoms with Gasteiger partial charge in [-0.3, -0.25) is 4.79 Å². The minimum atomic E-state index is -0.398. The fourth-order valence-electron chi connectivity index (χ4n) is 1.66. The van der Waals surface area contributed by atoms with E-state index in [0.29, 0.717) is 5.57 Å². The van der Waals surface area contributed by atoms with Crippen molar-refractivity contribution < 1.29 is 9.53 Å². The minimum Gasteiger partial charge on any atom is -0.483 e.